The maximum Gasteiger partial charge on any atom is 0.207 e. The molecule has 6 heteroatoms. The lowest BCUT2D eigenvalue weighted by molar-refractivity contribution is -0.312. The van der Waals surface area contributed by atoms with E-state index in [1.165, 1.54) is 0 Å². The first-order chi connectivity index (χ1) is 5.11. The summed E-state index contributed by atoms with van der Waals surface area (Å²) in [7, 11) is 0. The number of rotatable bonds is 1. The average molecular weight is 203 g/mol. The maximum absolute atomic E-state index is 8.88. The number of aliphatic hydroxyl groups excluding tert-OH is 2. The molecule has 1 aliphatic rings. The number of aliphatic hydroxyl groups is 2. The third-order valence-electron chi connectivity index (χ3n) is 1.27. The van der Waals surface area contributed by atoms with Gasteiger partial charge in [0.05, 0.1) is 6.61 Å². The molecule has 3 unspecified atom stereocenters. The topological polar surface area (TPSA) is 58.9 Å². The van der Waals surface area contributed by atoms with Crippen molar-refractivity contribution in [3.63, 3.8) is 0 Å². The van der Waals surface area contributed by atoms with Gasteiger partial charge in [-0.2, -0.15) is 0 Å². The van der Waals surface area contributed by atoms with Gasteiger partial charge in [0.2, 0.25) is 12.6 Å². The predicted octanol–water partition coefficient (Wildman–Crippen LogP) is -0.158. The molecule has 0 bridgehead atoms. The highest BCUT2D eigenvalue weighted by molar-refractivity contribution is 6.44. The standard InChI is InChI=1S/C5H8Cl2O4/c6-3(7)2-1-10-4(8)5(9)11-2/h2-5,8-9H,1H2. The lowest BCUT2D eigenvalue weighted by Crippen LogP contribution is -2.45. The Balaban J connectivity index is 2.40. The second-order valence-electron chi connectivity index (χ2n) is 2.12. The lowest BCUT2D eigenvalue weighted by Gasteiger charge is -2.31. The van der Waals surface area contributed by atoms with Crippen LogP contribution in [0.5, 0.6) is 0 Å². The molecule has 0 spiro atoms. The van der Waals surface area contributed by atoms with Crippen LogP contribution in [0.1, 0.15) is 0 Å². The number of alkyl halides is 2. The van der Waals surface area contributed by atoms with Gasteiger partial charge < -0.3 is 19.7 Å². The van der Waals surface area contributed by atoms with E-state index in [1.807, 2.05) is 0 Å². The molecule has 66 valence electrons. The van der Waals surface area contributed by atoms with E-state index >= 15 is 0 Å². The summed E-state index contributed by atoms with van der Waals surface area (Å²) in [5, 5.41) is 17.7. The highest BCUT2D eigenvalue weighted by Gasteiger charge is 2.32. The normalized spacial score (nSPS) is 39.5. The van der Waals surface area contributed by atoms with Gasteiger partial charge in [0, 0.05) is 0 Å². The lowest BCUT2D eigenvalue weighted by atomic mass is 10.4. The van der Waals surface area contributed by atoms with Crippen molar-refractivity contribution in [2.24, 2.45) is 0 Å². The fourth-order valence-electron chi connectivity index (χ4n) is 0.693. The molecule has 11 heavy (non-hydrogen) atoms. The molecule has 0 aromatic rings. The van der Waals surface area contributed by atoms with Gasteiger partial charge in [0.15, 0.2) is 0 Å². The van der Waals surface area contributed by atoms with Crippen molar-refractivity contribution in [2.45, 2.75) is 23.5 Å². The fourth-order valence-corrected chi connectivity index (χ4v) is 0.958. The minimum atomic E-state index is -1.37. The molecule has 4 nitrogen and oxygen atoms in total. The highest BCUT2D eigenvalue weighted by atomic mass is 35.5. The van der Waals surface area contributed by atoms with Crippen LogP contribution < -0.4 is 0 Å². The second kappa shape index (κ2) is 3.89. The van der Waals surface area contributed by atoms with Crippen LogP contribution in [0.3, 0.4) is 0 Å². The average Bonchev–Trinajstić information content (AvgIpc) is 1.94. The van der Waals surface area contributed by atoms with Gasteiger partial charge in [-0.3, -0.25) is 0 Å². The SMILES string of the molecule is OC1OCC(C(Cl)Cl)OC1O. The quantitative estimate of drug-likeness (QED) is 0.581. The molecule has 0 amide bonds. The molecule has 0 aliphatic carbocycles. The monoisotopic (exact) mass is 202 g/mol. The summed E-state index contributed by atoms with van der Waals surface area (Å²) in [5.74, 6) is 0. The Hall–Kier alpha value is 0.420. The van der Waals surface area contributed by atoms with Crippen LogP contribution >= 0.6 is 23.2 Å². The number of hydrogen-bond acceptors (Lipinski definition) is 4. The van der Waals surface area contributed by atoms with Crippen molar-refractivity contribution in [3.8, 4) is 0 Å². The van der Waals surface area contributed by atoms with Crippen LogP contribution in [0.2, 0.25) is 0 Å². The van der Waals surface area contributed by atoms with Gasteiger partial charge in [0.1, 0.15) is 10.9 Å². The third-order valence-corrected chi connectivity index (χ3v) is 1.83. The Bertz CT molecular complexity index is 132. The highest BCUT2D eigenvalue weighted by Crippen LogP contribution is 2.19. The molecule has 1 saturated heterocycles. The van der Waals surface area contributed by atoms with E-state index in [2.05, 4.69) is 4.74 Å². The summed E-state index contributed by atoms with van der Waals surface area (Å²) in [6, 6.07) is 0. The molecule has 1 aliphatic heterocycles. The summed E-state index contributed by atoms with van der Waals surface area (Å²) in [4.78, 5) is -0.767. The first-order valence-electron chi connectivity index (χ1n) is 3.02. The van der Waals surface area contributed by atoms with Gasteiger partial charge >= 0.3 is 0 Å². The number of ether oxygens (including phenoxy) is 2. The van der Waals surface area contributed by atoms with Crippen molar-refractivity contribution in [3.05, 3.63) is 0 Å². The smallest absolute Gasteiger partial charge is 0.207 e. The zero-order chi connectivity index (χ0) is 8.43. The molecule has 0 aromatic heterocycles. The summed E-state index contributed by atoms with van der Waals surface area (Å²) < 4.78 is 9.45. The van der Waals surface area contributed by atoms with Crippen molar-refractivity contribution in [2.75, 3.05) is 6.61 Å². The molecule has 1 heterocycles. The first kappa shape index (κ1) is 9.51. The van der Waals surface area contributed by atoms with Gasteiger partial charge in [0.25, 0.3) is 0 Å². The maximum atomic E-state index is 8.88. The van der Waals surface area contributed by atoms with Crippen LogP contribution in [0.15, 0.2) is 0 Å². The van der Waals surface area contributed by atoms with Crippen molar-refractivity contribution in [1.29, 1.82) is 0 Å². The fraction of sp³-hybridized carbons (Fsp3) is 1.00. The van der Waals surface area contributed by atoms with E-state index in [-0.39, 0.29) is 6.61 Å². The molecule has 2 N–H and O–H groups in total. The minimum Gasteiger partial charge on any atom is -0.364 e. The predicted molar refractivity (Wildman–Crippen MR) is 38.3 cm³/mol. The van der Waals surface area contributed by atoms with Gasteiger partial charge in [-0.15, -0.1) is 23.2 Å². The van der Waals surface area contributed by atoms with Gasteiger partial charge in [-0.25, -0.2) is 0 Å². The first-order valence-corrected chi connectivity index (χ1v) is 3.90. The van der Waals surface area contributed by atoms with Crippen LogP contribution in [-0.4, -0.2) is 40.3 Å². The summed E-state index contributed by atoms with van der Waals surface area (Å²) in [6.07, 6.45) is -3.26. The molecule has 3 atom stereocenters. The summed E-state index contributed by atoms with van der Waals surface area (Å²) in [5.41, 5.74) is 0. The van der Waals surface area contributed by atoms with E-state index in [1.54, 1.807) is 0 Å². The zero-order valence-electron chi connectivity index (χ0n) is 5.48. The van der Waals surface area contributed by atoms with Crippen molar-refractivity contribution in [1.82, 2.24) is 0 Å². The Morgan fingerprint density at radius 3 is 2.36 bits per heavy atom. The van der Waals surface area contributed by atoms with Crippen LogP contribution in [0, 0.1) is 0 Å². The van der Waals surface area contributed by atoms with E-state index < -0.39 is 23.5 Å². The molecule has 1 rings (SSSR count). The van der Waals surface area contributed by atoms with Crippen LogP contribution in [-0.2, 0) is 9.47 Å². The number of halogens is 2. The van der Waals surface area contributed by atoms with E-state index in [0.29, 0.717) is 0 Å². The molecule has 0 radical (unpaired) electrons. The molecular weight excluding hydrogens is 195 g/mol. The Morgan fingerprint density at radius 2 is 1.91 bits per heavy atom. The Morgan fingerprint density at radius 1 is 1.27 bits per heavy atom. The van der Waals surface area contributed by atoms with Crippen LogP contribution in [0.25, 0.3) is 0 Å². The molecule has 0 saturated carbocycles. The molecule has 1 fully saturated rings. The van der Waals surface area contributed by atoms with E-state index in [9.17, 15) is 0 Å². The van der Waals surface area contributed by atoms with Gasteiger partial charge in [-0.05, 0) is 0 Å². The van der Waals surface area contributed by atoms with Crippen molar-refractivity contribution >= 4 is 23.2 Å². The molecule has 0 aromatic carbocycles. The summed E-state index contributed by atoms with van der Waals surface area (Å²) >= 11 is 10.9. The zero-order valence-corrected chi connectivity index (χ0v) is 7.00. The van der Waals surface area contributed by atoms with Gasteiger partial charge in [-0.1, -0.05) is 0 Å². The Kier molecular flexibility index (Phi) is 3.36. The minimum absolute atomic E-state index is 0.0793. The Labute approximate surface area is 73.6 Å². The third kappa shape index (κ3) is 2.43. The van der Waals surface area contributed by atoms with Crippen LogP contribution in [0.4, 0.5) is 0 Å². The molecular formula is C5H8Cl2O4. The largest absolute Gasteiger partial charge is 0.364 e. The van der Waals surface area contributed by atoms with E-state index in [0.717, 1.165) is 0 Å². The summed E-state index contributed by atoms with van der Waals surface area (Å²) in [6.45, 7) is 0.0793. The number of hydrogen-bond donors (Lipinski definition) is 2. The second-order valence-corrected chi connectivity index (χ2v) is 3.29. The van der Waals surface area contributed by atoms with E-state index in [4.69, 9.17) is 38.2 Å². The van der Waals surface area contributed by atoms with Crippen molar-refractivity contribution < 1.29 is 19.7 Å².